The predicted molar refractivity (Wildman–Crippen MR) is 98.7 cm³/mol. The first kappa shape index (κ1) is 17.5. The molecule has 4 rings (SSSR count). The molecule has 0 radical (unpaired) electrons. The summed E-state index contributed by atoms with van der Waals surface area (Å²) in [7, 11) is 0. The number of hydrogen-bond donors (Lipinski definition) is 0. The summed E-state index contributed by atoms with van der Waals surface area (Å²) >= 11 is 0. The Balaban J connectivity index is 1.82. The first-order valence-electron chi connectivity index (χ1n) is 9.64. The fraction of sp³-hybridized carbons (Fsp3) is 0.682. The lowest BCUT2D eigenvalue weighted by atomic mass is 9.52. The van der Waals surface area contributed by atoms with Gasteiger partial charge in [0, 0.05) is 5.41 Å². The topological polar surface area (TPSA) is 26.3 Å². The summed E-state index contributed by atoms with van der Waals surface area (Å²) in [4.78, 5) is 11.5. The summed E-state index contributed by atoms with van der Waals surface area (Å²) < 4.78 is 6.13. The summed E-state index contributed by atoms with van der Waals surface area (Å²) in [5, 5.41) is 0. The van der Waals surface area contributed by atoms with Crippen LogP contribution in [0.3, 0.4) is 0 Å². The second kappa shape index (κ2) is 6.54. The van der Waals surface area contributed by atoms with Crippen molar-refractivity contribution < 1.29 is 9.53 Å². The average Bonchev–Trinajstić information content (AvgIpc) is 2.62. The highest BCUT2D eigenvalue weighted by Crippen LogP contribution is 2.57. The minimum atomic E-state index is 0.00514. The molecule has 2 bridgehead atoms. The quantitative estimate of drug-likeness (QED) is 0.643. The number of hydrogen-bond acceptors (Lipinski definition) is 2. The zero-order chi connectivity index (χ0) is 17.4. The Morgan fingerprint density at radius 3 is 2.08 bits per heavy atom. The molecule has 1 aromatic rings. The summed E-state index contributed by atoms with van der Waals surface area (Å²) in [5.41, 5.74) is 4.31. The van der Waals surface area contributed by atoms with Gasteiger partial charge in [0.25, 0.3) is 0 Å². The third-order valence-electron chi connectivity index (χ3n) is 6.84. The molecule has 2 nitrogen and oxygen atoms in total. The van der Waals surface area contributed by atoms with Gasteiger partial charge in [0.2, 0.25) is 0 Å². The van der Waals surface area contributed by atoms with Crippen molar-refractivity contribution in [1.82, 2.24) is 0 Å². The van der Waals surface area contributed by atoms with E-state index in [9.17, 15) is 4.79 Å². The van der Waals surface area contributed by atoms with Crippen LogP contribution in [-0.2, 0) is 10.2 Å². The number of rotatable bonds is 6. The maximum Gasteiger partial charge on any atom is 0.126 e. The lowest BCUT2D eigenvalue weighted by Gasteiger charge is -2.51. The van der Waals surface area contributed by atoms with Gasteiger partial charge in [-0.2, -0.15) is 0 Å². The molecular formula is C22H32O2. The molecule has 0 aliphatic heterocycles. The van der Waals surface area contributed by atoms with Gasteiger partial charge in [-0.3, -0.25) is 0 Å². The van der Waals surface area contributed by atoms with Gasteiger partial charge in [-0.15, -0.1) is 0 Å². The molecule has 24 heavy (non-hydrogen) atoms. The lowest BCUT2D eigenvalue weighted by Crippen LogP contribution is -2.44. The summed E-state index contributed by atoms with van der Waals surface area (Å²) in [5.74, 6) is 1.67. The zero-order valence-electron chi connectivity index (χ0n) is 15.8. The minimum absolute atomic E-state index is 0.00514. The van der Waals surface area contributed by atoms with Crippen molar-refractivity contribution in [3.8, 4) is 5.75 Å². The van der Waals surface area contributed by atoms with Gasteiger partial charge in [0.1, 0.15) is 12.0 Å². The summed E-state index contributed by atoms with van der Waals surface area (Å²) in [6.07, 6.45) is 9.10. The van der Waals surface area contributed by atoms with Crippen molar-refractivity contribution in [1.29, 1.82) is 0 Å². The van der Waals surface area contributed by atoms with Gasteiger partial charge in [-0.25, -0.2) is 0 Å². The fourth-order valence-electron chi connectivity index (χ4n) is 4.65. The first-order chi connectivity index (χ1) is 11.4. The van der Waals surface area contributed by atoms with E-state index in [0.29, 0.717) is 11.3 Å². The number of aryl methyl sites for hydroxylation is 2. The van der Waals surface area contributed by atoms with E-state index >= 15 is 0 Å². The number of aldehydes is 1. The van der Waals surface area contributed by atoms with E-state index in [4.69, 9.17) is 4.74 Å². The van der Waals surface area contributed by atoms with E-state index in [1.165, 1.54) is 23.0 Å². The number of benzene rings is 1. The zero-order valence-corrected chi connectivity index (χ0v) is 15.8. The third-order valence-corrected chi connectivity index (χ3v) is 6.84. The largest absolute Gasteiger partial charge is 0.493 e. The smallest absolute Gasteiger partial charge is 0.126 e. The molecular weight excluding hydrogens is 296 g/mol. The highest BCUT2D eigenvalue weighted by atomic mass is 16.5. The fourth-order valence-corrected chi connectivity index (χ4v) is 4.65. The van der Waals surface area contributed by atoms with Crippen molar-refractivity contribution in [3.63, 3.8) is 0 Å². The molecule has 3 saturated carbocycles. The molecule has 0 heterocycles. The van der Waals surface area contributed by atoms with Crippen molar-refractivity contribution in [3.05, 3.63) is 28.8 Å². The van der Waals surface area contributed by atoms with Gasteiger partial charge >= 0.3 is 0 Å². The van der Waals surface area contributed by atoms with Crippen LogP contribution in [0.5, 0.6) is 5.75 Å². The van der Waals surface area contributed by atoms with E-state index in [1.807, 2.05) is 0 Å². The highest BCUT2D eigenvalue weighted by molar-refractivity contribution is 5.61. The predicted octanol–water partition coefficient (Wildman–Crippen LogP) is 5.52. The number of fused-ring (bicyclic) bond motifs is 3. The van der Waals surface area contributed by atoms with E-state index in [1.54, 1.807) is 0 Å². The van der Waals surface area contributed by atoms with E-state index in [-0.39, 0.29) is 5.41 Å². The summed E-state index contributed by atoms with van der Waals surface area (Å²) in [6.45, 7) is 9.61. The molecule has 1 aromatic carbocycles. The van der Waals surface area contributed by atoms with Crippen LogP contribution in [0.1, 0.15) is 75.5 Å². The molecule has 3 aliphatic rings. The highest BCUT2D eigenvalue weighted by Gasteiger charge is 2.49. The molecule has 0 amide bonds. The molecule has 3 aliphatic carbocycles. The molecule has 0 aromatic heterocycles. The molecule has 0 spiro atoms. The van der Waals surface area contributed by atoms with Crippen LogP contribution < -0.4 is 4.74 Å². The van der Waals surface area contributed by atoms with Gasteiger partial charge in [0.05, 0.1) is 6.61 Å². The van der Waals surface area contributed by atoms with Crippen LogP contribution in [0, 0.1) is 25.2 Å². The second-order valence-corrected chi connectivity index (χ2v) is 8.52. The van der Waals surface area contributed by atoms with Crippen molar-refractivity contribution in [2.45, 2.75) is 78.1 Å². The number of ether oxygens (including phenoxy) is 1. The number of carbonyl (C=O) groups excluding carboxylic acids is 1. The van der Waals surface area contributed by atoms with Crippen LogP contribution in [0.2, 0.25) is 0 Å². The van der Waals surface area contributed by atoms with E-state index in [0.717, 1.165) is 57.3 Å². The average molecular weight is 328 g/mol. The van der Waals surface area contributed by atoms with Crippen molar-refractivity contribution in [2.75, 3.05) is 6.61 Å². The number of carbonyl (C=O) groups is 1. The van der Waals surface area contributed by atoms with Crippen molar-refractivity contribution in [2.24, 2.45) is 11.3 Å². The van der Waals surface area contributed by atoms with Gasteiger partial charge in [-0.1, -0.05) is 32.4 Å². The molecule has 132 valence electrons. The molecule has 0 unspecified atom stereocenters. The third kappa shape index (κ3) is 3.00. The Morgan fingerprint density at radius 2 is 1.62 bits per heavy atom. The maximum atomic E-state index is 11.5. The molecule has 0 saturated heterocycles. The van der Waals surface area contributed by atoms with E-state index in [2.05, 4.69) is 39.8 Å². The molecule has 2 heteroatoms. The van der Waals surface area contributed by atoms with Crippen molar-refractivity contribution >= 4 is 6.29 Å². The molecule has 3 fully saturated rings. The lowest BCUT2D eigenvalue weighted by molar-refractivity contribution is -0.122. The Hall–Kier alpha value is -1.31. The van der Waals surface area contributed by atoms with Gasteiger partial charge in [-0.05, 0) is 80.4 Å². The normalized spacial score (nSPS) is 30.2. The Kier molecular flexibility index (Phi) is 4.77. The standard InChI is InChI=1S/C22H32O2/c1-5-16(2)14-24-20-17(3)12-19(13-18(20)4)22-9-6-21(15-23,7-10-22)8-11-22/h12-13,15-16H,5-11,14H2,1-4H3/t16-,21?,22?/m0/s1. The molecule has 0 N–H and O–H groups in total. The Labute approximate surface area is 147 Å². The maximum absolute atomic E-state index is 11.5. The van der Waals surface area contributed by atoms with Crippen LogP contribution in [0.25, 0.3) is 0 Å². The molecule has 1 atom stereocenters. The Bertz CT molecular complexity index is 569. The monoisotopic (exact) mass is 328 g/mol. The van der Waals surface area contributed by atoms with Crippen LogP contribution in [-0.4, -0.2) is 12.9 Å². The minimum Gasteiger partial charge on any atom is -0.493 e. The van der Waals surface area contributed by atoms with Gasteiger partial charge in [0.15, 0.2) is 0 Å². The Morgan fingerprint density at radius 1 is 1.08 bits per heavy atom. The van der Waals surface area contributed by atoms with Crippen LogP contribution in [0.15, 0.2) is 12.1 Å². The van der Waals surface area contributed by atoms with Crippen LogP contribution >= 0.6 is 0 Å². The SMILES string of the molecule is CC[C@H](C)COc1c(C)cc(C23CCC(C=O)(CC2)CC3)cc1C. The van der Waals surface area contributed by atoms with E-state index < -0.39 is 0 Å². The van der Waals surface area contributed by atoms with Crippen LogP contribution in [0.4, 0.5) is 0 Å². The second-order valence-electron chi connectivity index (χ2n) is 8.52. The first-order valence-corrected chi connectivity index (χ1v) is 9.64. The summed E-state index contributed by atoms with van der Waals surface area (Å²) in [6, 6.07) is 4.72. The van der Waals surface area contributed by atoms with Gasteiger partial charge < -0.3 is 9.53 Å².